The molecule has 0 aromatic carbocycles. The van der Waals surface area contributed by atoms with Gasteiger partial charge in [0.1, 0.15) is 0 Å². The summed E-state index contributed by atoms with van der Waals surface area (Å²) in [6.07, 6.45) is 0. The van der Waals surface area contributed by atoms with Crippen LogP contribution in [0.4, 0.5) is 0 Å². The minimum absolute atomic E-state index is 0.444. The van der Waals surface area contributed by atoms with Crippen molar-refractivity contribution in [1.82, 2.24) is 5.32 Å². The van der Waals surface area contributed by atoms with Crippen LogP contribution in [0.1, 0.15) is 15.9 Å². The largest absolute Gasteiger partial charge is 0.480 e. The fourth-order valence-electron chi connectivity index (χ4n) is 1.01. The summed E-state index contributed by atoms with van der Waals surface area (Å²) in [7, 11) is 0. The van der Waals surface area contributed by atoms with E-state index in [2.05, 4.69) is 5.32 Å². The normalized spacial score (nSPS) is 12.1. The Hall–Kier alpha value is -1.40. The Morgan fingerprint density at radius 1 is 1.53 bits per heavy atom. The maximum atomic E-state index is 11.5. The number of aliphatic hydroxyl groups excluding tert-OH is 1. The highest BCUT2D eigenvalue weighted by Gasteiger charge is 2.20. The molecule has 0 aliphatic rings. The number of amides is 1. The van der Waals surface area contributed by atoms with Gasteiger partial charge in [-0.05, 0) is 17.9 Å². The molecule has 1 amide bonds. The number of carboxylic acids is 1. The van der Waals surface area contributed by atoms with Gasteiger partial charge in [0, 0.05) is 5.38 Å². The van der Waals surface area contributed by atoms with Gasteiger partial charge in [0.15, 0.2) is 6.04 Å². The van der Waals surface area contributed by atoms with E-state index in [1.807, 2.05) is 0 Å². The smallest absolute Gasteiger partial charge is 0.328 e. The molecule has 1 aromatic heterocycles. The molecule has 1 rings (SSSR count). The molecule has 82 valence electrons. The number of aliphatic hydroxyl groups is 1. The monoisotopic (exact) mass is 229 g/mol. The maximum absolute atomic E-state index is 11.5. The van der Waals surface area contributed by atoms with Crippen molar-refractivity contribution in [3.05, 3.63) is 21.9 Å². The molecule has 3 N–H and O–H groups in total. The van der Waals surface area contributed by atoms with Gasteiger partial charge in [-0.15, -0.1) is 0 Å². The van der Waals surface area contributed by atoms with Crippen LogP contribution in [0.2, 0.25) is 0 Å². The van der Waals surface area contributed by atoms with E-state index in [0.29, 0.717) is 5.56 Å². The summed E-state index contributed by atoms with van der Waals surface area (Å²) < 4.78 is 0. The van der Waals surface area contributed by atoms with E-state index in [1.165, 1.54) is 11.3 Å². The Balaban J connectivity index is 2.71. The number of carbonyl (C=O) groups is 2. The third-order valence-electron chi connectivity index (χ3n) is 1.89. The molecule has 6 heteroatoms. The van der Waals surface area contributed by atoms with Gasteiger partial charge in [-0.25, -0.2) is 4.79 Å². The van der Waals surface area contributed by atoms with Crippen molar-refractivity contribution in [1.29, 1.82) is 0 Å². The van der Waals surface area contributed by atoms with E-state index < -0.39 is 24.5 Å². The van der Waals surface area contributed by atoms with Crippen molar-refractivity contribution >= 4 is 23.2 Å². The van der Waals surface area contributed by atoms with Crippen molar-refractivity contribution in [3.8, 4) is 0 Å². The van der Waals surface area contributed by atoms with Crippen molar-refractivity contribution in [2.24, 2.45) is 0 Å². The minimum Gasteiger partial charge on any atom is -0.480 e. The Bertz CT molecular complexity index is 374. The first-order chi connectivity index (χ1) is 7.06. The molecular formula is C9H11NO4S. The van der Waals surface area contributed by atoms with Crippen LogP contribution in [0.15, 0.2) is 10.8 Å². The number of aryl methyl sites for hydroxylation is 1. The van der Waals surface area contributed by atoms with Crippen molar-refractivity contribution < 1.29 is 19.8 Å². The van der Waals surface area contributed by atoms with E-state index >= 15 is 0 Å². The predicted molar refractivity (Wildman–Crippen MR) is 55.0 cm³/mol. The number of carbonyl (C=O) groups excluding carboxylic acids is 1. The van der Waals surface area contributed by atoms with Gasteiger partial charge in [0.2, 0.25) is 0 Å². The maximum Gasteiger partial charge on any atom is 0.328 e. The van der Waals surface area contributed by atoms with Crippen LogP contribution in [0.5, 0.6) is 0 Å². The Labute approximate surface area is 90.4 Å². The second-order valence-corrected chi connectivity index (χ2v) is 3.76. The van der Waals surface area contributed by atoms with Gasteiger partial charge in [0.25, 0.3) is 5.91 Å². The van der Waals surface area contributed by atoms with Gasteiger partial charge < -0.3 is 15.5 Å². The quantitative estimate of drug-likeness (QED) is 0.690. The molecule has 1 atom stereocenters. The van der Waals surface area contributed by atoms with Gasteiger partial charge in [-0.3, -0.25) is 4.79 Å². The number of carboxylic acid groups (broad SMARTS) is 1. The summed E-state index contributed by atoms with van der Waals surface area (Å²) >= 11 is 1.37. The third kappa shape index (κ3) is 2.77. The van der Waals surface area contributed by atoms with Crippen LogP contribution < -0.4 is 5.32 Å². The van der Waals surface area contributed by atoms with Gasteiger partial charge in [0.05, 0.1) is 12.2 Å². The lowest BCUT2D eigenvalue weighted by molar-refractivity contribution is -0.140. The van der Waals surface area contributed by atoms with Crippen molar-refractivity contribution in [2.75, 3.05) is 6.61 Å². The van der Waals surface area contributed by atoms with Gasteiger partial charge >= 0.3 is 5.97 Å². The first-order valence-corrected chi connectivity index (χ1v) is 5.18. The van der Waals surface area contributed by atoms with Crippen LogP contribution in [0.3, 0.4) is 0 Å². The fraction of sp³-hybridized carbons (Fsp3) is 0.333. The standard InChI is InChI=1S/C9H11NO4S/c1-5-3-15-4-6(5)8(12)10-7(2-11)9(13)14/h3-4,7,11H,2H2,1H3,(H,10,12)(H,13,14). The first-order valence-electron chi connectivity index (χ1n) is 4.23. The van der Waals surface area contributed by atoms with Crippen molar-refractivity contribution in [2.45, 2.75) is 13.0 Å². The summed E-state index contributed by atoms with van der Waals surface area (Å²) in [5.41, 5.74) is 1.24. The van der Waals surface area contributed by atoms with E-state index in [4.69, 9.17) is 10.2 Å². The summed E-state index contributed by atoms with van der Waals surface area (Å²) in [6.45, 7) is 1.14. The van der Waals surface area contributed by atoms with Crippen molar-refractivity contribution in [3.63, 3.8) is 0 Å². The number of thiophene rings is 1. The molecule has 0 bridgehead atoms. The molecule has 15 heavy (non-hydrogen) atoms. The van der Waals surface area contributed by atoms with Crippen LogP contribution in [0, 0.1) is 6.92 Å². The lowest BCUT2D eigenvalue weighted by Gasteiger charge is -2.11. The first kappa shape index (κ1) is 11.7. The van der Waals surface area contributed by atoms with E-state index in [-0.39, 0.29) is 0 Å². The van der Waals surface area contributed by atoms with Crippen LogP contribution in [-0.4, -0.2) is 34.7 Å². The topological polar surface area (TPSA) is 86.6 Å². The SMILES string of the molecule is Cc1cscc1C(=O)NC(CO)C(=O)O. The molecule has 1 heterocycles. The third-order valence-corrected chi connectivity index (χ3v) is 2.75. The Kier molecular flexibility index (Phi) is 3.81. The summed E-state index contributed by atoms with van der Waals surface area (Å²) in [5.74, 6) is -1.73. The second kappa shape index (κ2) is 4.90. The highest BCUT2D eigenvalue weighted by molar-refractivity contribution is 7.08. The highest BCUT2D eigenvalue weighted by atomic mass is 32.1. The molecule has 1 unspecified atom stereocenters. The number of hydrogen-bond donors (Lipinski definition) is 3. The fourth-order valence-corrected chi connectivity index (χ4v) is 1.84. The molecule has 0 saturated carbocycles. The molecular weight excluding hydrogens is 218 g/mol. The lowest BCUT2D eigenvalue weighted by Crippen LogP contribution is -2.43. The average molecular weight is 229 g/mol. The molecule has 0 radical (unpaired) electrons. The lowest BCUT2D eigenvalue weighted by atomic mass is 10.2. The van der Waals surface area contributed by atoms with Crippen LogP contribution in [0.25, 0.3) is 0 Å². The Morgan fingerprint density at radius 3 is 2.60 bits per heavy atom. The van der Waals surface area contributed by atoms with Gasteiger partial charge in [-0.2, -0.15) is 11.3 Å². The van der Waals surface area contributed by atoms with E-state index in [1.54, 1.807) is 17.7 Å². The number of rotatable bonds is 4. The van der Waals surface area contributed by atoms with E-state index in [0.717, 1.165) is 5.56 Å². The highest BCUT2D eigenvalue weighted by Crippen LogP contribution is 2.13. The zero-order valence-corrected chi connectivity index (χ0v) is 8.87. The molecule has 0 fully saturated rings. The molecule has 1 aromatic rings. The molecule has 0 saturated heterocycles. The average Bonchev–Trinajstić information content (AvgIpc) is 2.60. The van der Waals surface area contributed by atoms with Crippen LogP contribution >= 0.6 is 11.3 Å². The zero-order chi connectivity index (χ0) is 11.4. The Morgan fingerprint density at radius 2 is 2.20 bits per heavy atom. The molecule has 5 nitrogen and oxygen atoms in total. The zero-order valence-electron chi connectivity index (χ0n) is 8.06. The summed E-state index contributed by atoms with van der Waals surface area (Å²) in [4.78, 5) is 22.1. The molecule has 0 aliphatic carbocycles. The summed E-state index contributed by atoms with van der Waals surface area (Å²) in [5, 5.41) is 23.0. The number of aliphatic carboxylic acids is 1. The number of hydrogen-bond acceptors (Lipinski definition) is 4. The summed E-state index contributed by atoms with van der Waals surface area (Å²) in [6, 6.07) is -1.25. The van der Waals surface area contributed by atoms with Crippen LogP contribution in [-0.2, 0) is 4.79 Å². The number of nitrogens with one attached hydrogen (secondary N) is 1. The molecule has 0 spiro atoms. The minimum atomic E-state index is -1.25. The predicted octanol–water partition coefficient (Wildman–Crippen LogP) is 0.232. The second-order valence-electron chi connectivity index (χ2n) is 3.02. The van der Waals surface area contributed by atoms with Gasteiger partial charge in [-0.1, -0.05) is 0 Å². The molecule has 0 aliphatic heterocycles. The van der Waals surface area contributed by atoms with E-state index in [9.17, 15) is 9.59 Å².